The third kappa shape index (κ3) is 1.93. The third-order valence-corrected chi connectivity index (χ3v) is 2.29. The fourth-order valence-electron chi connectivity index (χ4n) is 1.44. The number of hydrogen-bond donors (Lipinski definition) is 0. The quantitative estimate of drug-likeness (QED) is 0.730. The Morgan fingerprint density at radius 1 is 1.25 bits per heavy atom. The van der Waals surface area contributed by atoms with E-state index < -0.39 is 11.7 Å². The van der Waals surface area contributed by atoms with Crippen LogP contribution in [0.2, 0.25) is 0 Å². The molecule has 2 nitrogen and oxygen atoms in total. The Hall–Kier alpha value is -1.78. The fraction of sp³-hybridized carbons (Fsp3) is 0.182. The zero-order valence-electron chi connectivity index (χ0n) is 8.49. The van der Waals surface area contributed by atoms with Crippen molar-refractivity contribution in [2.75, 3.05) is 0 Å². The molecule has 0 saturated heterocycles. The lowest BCUT2D eigenvalue weighted by Crippen LogP contribution is -2.07. The highest BCUT2D eigenvalue weighted by Gasteiger charge is 2.30. The second-order valence-electron chi connectivity index (χ2n) is 3.45. The van der Waals surface area contributed by atoms with Gasteiger partial charge in [-0.2, -0.15) is 18.3 Å². The molecule has 0 N–H and O–H groups in total. The van der Waals surface area contributed by atoms with Crippen molar-refractivity contribution in [3.8, 4) is 5.69 Å². The van der Waals surface area contributed by atoms with E-state index in [1.165, 1.54) is 16.9 Å². The highest BCUT2D eigenvalue weighted by atomic mass is 19.4. The van der Waals surface area contributed by atoms with Crippen LogP contribution in [-0.2, 0) is 6.18 Å². The lowest BCUT2D eigenvalue weighted by Gasteiger charge is -2.11. The van der Waals surface area contributed by atoms with Crippen molar-refractivity contribution in [2.45, 2.75) is 13.1 Å². The molecular weight excluding hydrogens is 217 g/mol. The van der Waals surface area contributed by atoms with E-state index in [0.29, 0.717) is 5.69 Å². The molecule has 5 heteroatoms. The van der Waals surface area contributed by atoms with Crippen LogP contribution in [0.5, 0.6) is 0 Å². The largest absolute Gasteiger partial charge is 0.416 e. The van der Waals surface area contributed by atoms with Crippen molar-refractivity contribution in [3.63, 3.8) is 0 Å². The average Bonchev–Trinajstić information content (AvgIpc) is 2.69. The van der Waals surface area contributed by atoms with Crippen LogP contribution in [0.4, 0.5) is 13.2 Å². The van der Waals surface area contributed by atoms with Crippen LogP contribution in [0.15, 0.2) is 36.7 Å². The molecule has 84 valence electrons. The van der Waals surface area contributed by atoms with Crippen LogP contribution in [-0.4, -0.2) is 9.78 Å². The van der Waals surface area contributed by atoms with E-state index in [9.17, 15) is 13.2 Å². The van der Waals surface area contributed by atoms with Crippen LogP contribution in [0.25, 0.3) is 5.69 Å². The number of nitrogens with zero attached hydrogens (tertiary/aromatic N) is 2. The van der Waals surface area contributed by atoms with E-state index in [0.717, 1.165) is 17.7 Å². The van der Waals surface area contributed by atoms with Gasteiger partial charge in [0.05, 0.1) is 11.3 Å². The number of hydrogen-bond acceptors (Lipinski definition) is 1. The molecular formula is C11H9F3N2. The number of aromatic nitrogens is 2. The number of alkyl halides is 3. The van der Waals surface area contributed by atoms with Crippen LogP contribution < -0.4 is 0 Å². The molecule has 0 amide bonds. The Morgan fingerprint density at radius 2 is 2.00 bits per heavy atom. The molecule has 2 aromatic rings. The molecule has 1 heterocycles. The fourth-order valence-corrected chi connectivity index (χ4v) is 1.44. The van der Waals surface area contributed by atoms with Gasteiger partial charge in [-0.15, -0.1) is 0 Å². The Bertz CT molecular complexity index is 486. The van der Waals surface area contributed by atoms with Gasteiger partial charge in [0.25, 0.3) is 0 Å². The smallest absolute Gasteiger partial charge is 0.241 e. The van der Waals surface area contributed by atoms with E-state index >= 15 is 0 Å². The predicted molar refractivity (Wildman–Crippen MR) is 53.3 cm³/mol. The van der Waals surface area contributed by atoms with Gasteiger partial charge in [-0.05, 0) is 30.7 Å². The maximum Gasteiger partial charge on any atom is 0.416 e. The number of rotatable bonds is 1. The molecule has 0 fully saturated rings. The van der Waals surface area contributed by atoms with Gasteiger partial charge in [0.1, 0.15) is 0 Å². The average molecular weight is 226 g/mol. The van der Waals surface area contributed by atoms with Crippen LogP contribution in [0, 0.1) is 6.92 Å². The molecule has 0 aliphatic carbocycles. The summed E-state index contributed by atoms with van der Waals surface area (Å²) < 4.78 is 39.0. The number of halogens is 3. The minimum Gasteiger partial charge on any atom is -0.241 e. The molecule has 0 radical (unpaired) electrons. The van der Waals surface area contributed by atoms with E-state index in [-0.39, 0.29) is 0 Å². The molecule has 0 unspecified atom stereocenters. The Morgan fingerprint density at radius 3 is 2.56 bits per heavy atom. The Balaban J connectivity index is 2.54. The summed E-state index contributed by atoms with van der Waals surface area (Å²) in [6, 6.07) is 5.28. The molecule has 0 spiro atoms. The summed E-state index contributed by atoms with van der Waals surface area (Å²) in [5.74, 6) is 0. The van der Waals surface area contributed by atoms with Crippen molar-refractivity contribution in [3.05, 3.63) is 47.8 Å². The van der Waals surface area contributed by atoms with E-state index in [1.807, 2.05) is 0 Å². The highest BCUT2D eigenvalue weighted by molar-refractivity contribution is 5.43. The minimum absolute atomic E-state index is 0.444. The molecule has 0 saturated carbocycles. The number of aryl methyl sites for hydroxylation is 1. The second kappa shape index (κ2) is 3.66. The Labute approximate surface area is 90.3 Å². The van der Waals surface area contributed by atoms with E-state index in [4.69, 9.17) is 0 Å². The van der Waals surface area contributed by atoms with Gasteiger partial charge in [-0.1, -0.05) is 6.07 Å². The highest BCUT2D eigenvalue weighted by Crippen LogP contribution is 2.31. The summed E-state index contributed by atoms with van der Waals surface area (Å²) in [5, 5.41) is 3.92. The first kappa shape index (κ1) is 10.7. The monoisotopic (exact) mass is 226 g/mol. The third-order valence-electron chi connectivity index (χ3n) is 2.29. The summed E-state index contributed by atoms with van der Waals surface area (Å²) in [4.78, 5) is 0. The van der Waals surface area contributed by atoms with Crippen molar-refractivity contribution in [1.82, 2.24) is 9.78 Å². The Kier molecular flexibility index (Phi) is 2.46. The zero-order chi connectivity index (χ0) is 11.8. The summed E-state index contributed by atoms with van der Waals surface area (Å²) in [6.45, 7) is 1.75. The second-order valence-corrected chi connectivity index (χ2v) is 3.45. The maximum atomic E-state index is 12.5. The van der Waals surface area contributed by atoms with Crippen LogP contribution in [0.1, 0.15) is 11.1 Å². The molecule has 16 heavy (non-hydrogen) atoms. The van der Waals surface area contributed by atoms with E-state index in [1.54, 1.807) is 19.2 Å². The molecule has 1 aromatic carbocycles. The molecule has 0 atom stereocenters. The number of benzene rings is 1. The molecule has 1 aromatic heterocycles. The van der Waals surface area contributed by atoms with Crippen LogP contribution in [0.3, 0.4) is 0 Å². The standard InChI is InChI=1S/C11H9F3N2/c1-8-3-4-9(11(12,13)14)7-10(8)16-6-2-5-15-16/h2-7H,1H3. The summed E-state index contributed by atoms with van der Waals surface area (Å²) >= 11 is 0. The van der Waals surface area contributed by atoms with Gasteiger partial charge in [0, 0.05) is 12.4 Å². The first-order valence-electron chi connectivity index (χ1n) is 4.66. The molecule has 2 rings (SSSR count). The summed E-state index contributed by atoms with van der Waals surface area (Å²) in [5.41, 5.74) is 0.528. The minimum atomic E-state index is -4.32. The maximum absolute atomic E-state index is 12.5. The first-order valence-corrected chi connectivity index (χ1v) is 4.66. The zero-order valence-corrected chi connectivity index (χ0v) is 8.49. The normalized spacial score (nSPS) is 11.8. The lowest BCUT2D eigenvalue weighted by atomic mass is 10.1. The lowest BCUT2D eigenvalue weighted by molar-refractivity contribution is -0.137. The van der Waals surface area contributed by atoms with Gasteiger partial charge in [0.15, 0.2) is 0 Å². The van der Waals surface area contributed by atoms with Crippen molar-refractivity contribution in [2.24, 2.45) is 0 Å². The van der Waals surface area contributed by atoms with Gasteiger partial charge >= 0.3 is 6.18 Å². The summed E-state index contributed by atoms with van der Waals surface area (Å²) in [6.07, 6.45) is -1.18. The van der Waals surface area contributed by atoms with Gasteiger partial charge in [0.2, 0.25) is 0 Å². The first-order chi connectivity index (χ1) is 7.48. The van der Waals surface area contributed by atoms with Crippen molar-refractivity contribution in [1.29, 1.82) is 0 Å². The van der Waals surface area contributed by atoms with Gasteiger partial charge < -0.3 is 0 Å². The topological polar surface area (TPSA) is 17.8 Å². The predicted octanol–water partition coefficient (Wildman–Crippen LogP) is 3.20. The molecule has 0 bridgehead atoms. The van der Waals surface area contributed by atoms with Crippen molar-refractivity contribution >= 4 is 0 Å². The van der Waals surface area contributed by atoms with Crippen LogP contribution >= 0.6 is 0 Å². The van der Waals surface area contributed by atoms with E-state index in [2.05, 4.69) is 5.10 Å². The summed E-state index contributed by atoms with van der Waals surface area (Å²) in [7, 11) is 0. The molecule has 0 aliphatic heterocycles. The van der Waals surface area contributed by atoms with Gasteiger partial charge in [-0.25, -0.2) is 4.68 Å². The van der Waals surface area contributed by atoms with Crippen molar-refractivity contribution < 1.29 is 13.2 Å². The SMILES string of the molecule is Cc1ccc(C(F)(F)F)cc1-n1cccn1. The molecule has 0 aliphatic rings. The van der Waals surface area contributed by atoms with Gasteiger partial charge in [-0.3, -0.25) is 0 Å².